The maximum atomic E-state index is 9.52. The van der Waals surface area contributed by atoms with Crippen molar-refractivity contribution in [3.63, 3.8) is 0 Å². The van der Waals surface area contributed by atoms with Crippen molar-refractivity contribution >= 4 is 16.3 Å². The van der Waals surface area contributed by atoms with Crippen LogP contribution in [0.4, 0.5) is 0 Å². The zero-order chi connectivity index (χ0) is 15.1. The van der Waals surface area contributed by atoms with Crippen LogP contribution in [0.1, 0.15) is 35.2 Å². The number of nitriles is 1. The molecule has 4 rings (SSSR count). The second-order valence-electron chi connectivity index (χ2n) is 5.42. The van der Waals surface area contributed by atoms with Crippen LogP contribution in [0.5, 0.6) is 0 Å². The lowest BCUT2D eigenvalue weighted by Gasteiger charge is -2.03. The fourth-order valence-corrected chi connectivity index (χ4v) is 3.66. The summed E-state index contributed by atoms with van der Waals surface area (Å²) in [7, 11) is 0. The van der Waals surface area contributed by atoms with E-state index in [0.29, 0.717) is 11.4 Å². The van der Waals surface area contributed by atoms with E-state index in [1.165, 1.54) is 16.9 Å². The Bertz CT molecular complexity index is 866. The maximum Gasteiger partial charge on any atom is 0.214 e. The van der Waals surface area contributed by atoms with Crippen LogP contribution in [0, 0.1) is 18.3 Å². The van der Waals surface area contributed by atoms with Gasteiger partial charge >= 0.3 is 0 Å². The second-order valence-corrected chi connectivity index (χ2v) is 6.41. The maximum absolute atomic E-state index is 9.52. The fourth-order valence-electron chi connectivity index (χ4n) is 2.68. The summed E-state index contributed by atoms with van der Waals surface area (Å²) in [5.74, 6) is 0. The first-order valence-corrected chi connectivity index (χ1v) is 8.06. The van der Waals surface area contributed by atoms with E-state index in [4.69, 9.17) is 4.74 Å². The van der Waals surface area contributed by atoms with Crippen LogP contribution in [-0.4, -0.2) is 21.2 Å². The van der Waals surface area contributed by atoms with E-state index in [1.54, 1.807) is 4.52 Å². The number of hydrogen-bond acceptors (Lipinski definition) is 5. The molecule has 1 aromatic carbocycles. The Labute approximate surface area is 131 Å². The smallest absolute Gasteiger partial charge is 0.214 e. The largest absolute Gasteiger partial charge is 0.371 e. The minimum atomic E-state index is 0.0565. The molecule has 6 heteroatoms. The summed E-state index contributed by atoms with van der Waals surface area (Å²) in [6.07, 6.45) is 2.11. The second kappa shape index (κ2) is 5.20. The Morgan fingerprint density at radius 2 is 2.18 bits per heavy atom. The van der Waals surface area contributed by atoms with Gasteiger partial charge in [0.2, 0.25) is 4.96 Å². The van der Waals surface area contributed by atoms with Gasteiger partial charge in [0.05, 0.1) is 0 Å². The Morgan fingerprint density at radius 3 is 2.86 bits per heavy atom. The molecule has 1 atom stereocenters. The molecule has 5 nitrogen and oxygen atoms in total. The van der Waals surface area contributed by atoms with Crippen molar-refractivity contribution in [2.24, 2.45) is 0 Å². The van der Waals surface area contributed by atoms with Gasteiger partial charge in [-0.2, -0.15) is 14.9 Å². The van der Waals surface area contributed by atoms with Crippen molar-refractivity contribution in [3.8, 4) is 17.3 Å². The van der Waals surface area contributed by atoms with Crippen molar-refractivity contribution < 1.29 is 4.74 Å². The van der Waals surface area contributed by atoms with E-state index in [0.717, 1.165) is 35.0 Å². The normalized spacial score (nSPS) is 17.9. The zero-order valence-corrected chi connectivity index (χ0v) is 12.9. The molecule has 0 spiro atoms. The Balaban J connectivity index is 1.82. The number of aryl methyl sites for hydroxylation is 1. The van der Waals surface area contributed by atoms with Crippen LogP contribution in [-0.2, 0) is 4.74 Å². The Kier molecular flexibility index (Phi) is 3.17. The van der Waals surface area contributed by atoms with Gasteiger partial charge < -0.3 is 4.74 Å². The monoisotopic (exact) mass is 310 g/mol. The van der Waals surface area contributed by atoms with Gasteiger partial charge in [-0.15, -0.1) is 0 Å². The molecule has 0 saturated carbocycles. The van der Waals surface area contributed by atoms with Crippen molar-refractivity contribution in [2.45, 2.75) is 25.9 Å². The molecule has 0 N–H and O–H groups in total. The summed E-state index contributed by atoms with van der Waals surface area (Å²) in [5, 5.41) is 15.0. The van der Waals surface area contributed by atoms with Gasteiger partial charge in [-0.3, -0.25) is 0 Å². The first-order valence-electron chi connectivity index (χ1n) is 7.24. The molecule has 110 valence electrons. The van der Waals surface area contributed by atoms with E-state index >= 15 is 0 Å². The predicted molar refractivity (Wildman–Crippen MR) is 83.7 cm³/mol. The van der Waals surface area contributed by atoms with Gasteiger partial charge in [0.1, 0.15) is 22.9 Å². The van der Waals surface area contributed by atoms with Crippen LogP contribution < -0.4 is 0 Å². The van der Waals surface area contributed by atoms with Crippen LogP contribution in [0.3, 0.4) is 0 Å². The zero-order valence-electron chi connectivity index (χ0n) is 12.1. The number of imidazole rings is 1. The van der Waals surface area contributed by atoms with Gasteiger partial charge in [-0.05, 0) is 19.8 Å². The number of benzene rings is 1. The predicted octanol–water partition coefficient (Wildman–Crippen LogP) is 3.49. The standard InChI is InChI=1S/C16H14N4OS/c1-10-4-6-11(7-5-10)14-12(9-17)20-16(18-14)22-15(19-20)13-3-2-8-21-13/h4-7,13H,2-3,8H2,1H3. The lowest BCUT2D eigenvalue weighted by molar-refractivity contribution is 0.111. The number of ether oxygens (including phenoxy) is 1. The third kappa shape index (κ3) is 2.10. The molecule has 0 aliphatic carbocycles. The first kappa shape index (κ1) is 13.4. The molecular weight excluding hydrogens is 296 g/mol. The molecule has 0 amide bonds. The number of aromatic nitrogens is 3. The van der Waals surface area contributed by atoms with Crippen LogP contribution in [0.25, 0.3) is 16.2 Å². The summed E-state index contributed by atoms with van der Waals surface area (Å²) >= 11 is 1.51. The molecule has 1 aliphatic rings. The number of rotatable bonds is 2. The fraction of sp³-hybridized carbons (Fsp3) is 0.312. The third-order valence-corrected chi connectivity index (χ3v) is 4.86. The van der Waals surface area contributed by atoms with Gasteiger partial charge in [-0.25, -0.2) is 4.98 Å². The summed E-state index contributed by atoms with van der Waals surface area (Å²) in [6, 6.07) is 10.3. The minimum absolute atomic E-state index is 0.0565. The lowest BCUT2D eigenvalue weighted by Crippen LogP contribution is -1.98. The van der Waals surface area contributed by atoms with E-state index in [1.807, 2.05) is 31.2 Å². The molecule has 3 aromatic rings. The van der Waals surface area contributed by atoms with Crippen LogP contribution in [0.15, 0.2) is 24.3 Å². The van der Waals surface area contributed by atoms with Crippen molar-refractivity contribution in [3.05, 3.63) is 40.5 Å². The molecule has 2 aromatic heterocycles. The highest BCUT2D eigenvalue weighted by Gasteiger charge is 2.24. The molecule has 0 bridgehead atoms. The highest BCUT2D eigenvalue weighted by Crippen LogP contribution is 2.33. The van der Waals surface area contributed by atoms with Crippen molar-refractivity contribution in [1.29, 1.82) is 5.26 Å². The van der Waals surface area contributed by atoms with Crippen LogP contribution in [0.2, 0.25) is 0 Å². The Morgan fingerprint density at radius 1 is 1.36 bits per heavy atom. The highest BCUT2D eigenvalue weighted by atomic mass is 32.1. The molecule has 1 unspecified atom stereocenters. The summed E-state index contributed by atoms with van der Waals surface area (Å²) in [5.41, 5.74) is 3.31. The summed E-state index contributed by atoms with van der Waals surface area (Å²) in [4.78, 5) is 5.36. The van der Waals surface area contributed by atoms with E-state index in [2.05, 4.69) is 16.2 Å². The molecule has 1 aliphatic heterocycles. The van der Waals surface area contributed by atoms with Gasteiger partial charge in [0, 0.05) is 12.2 Å². The number of fused-ring (bicyclic) bond motifs is 1. The molecule has 1 saturated heterocycles. The van der Waals surface area contributed by atoms with Crippen molar-refractivity contribution in [1.82, 2.24) is 14.6 Å². The Hall–Kier alpha value is -2.23. The molecule has 0 radical (unpaired) electrons. The third-order valence-electron chi connectivity index (χ3n) is 3.86. The van der Waals surface area contributed by atoms with Gasteiger partial charge in [0.15, 0.2) is 5.69 Å². The summed E-state index contributed by atoms with van der Waals surface area (Å²) < 4.78 is 7.31. The average molecular weight is 310 g/mol. The first-order chi connectivity index (χ1) is 10.8. The summed E-state index contributed by atoms with van der Waals surface area (Å²) in [6.45, 7) is 2.82. The quantitative estimate of drug-likeness (QED) is 0.727. The number of nitrogens with zero attached hydrogens (tertiary/aromatic N) is 4. The minimum Gasteiger partial charge on any atom is -0.371 e. The highest BCUT2D eigenvalue weighted by molar-refractivity contribution is 7.16. The van der Waals surface area contributed by atoms with Crippen LogP contribution >= 0.6 is 11.3 Å². The molecule has 1 fully saturated rings. The molecule has 22 heavy (non-hydrogen) atoms. The SMILES string of the molecule is Cc1ccc(-c2nc3sc(C4CCCO4)nn3c2C#N)cc1. The number of hydrogen-bond donors (Lipinski definition) is 0. The molecular formula is C16H14N4OS. The lowest BCUT2D eigenvalue weighted by atomic mass is 10.1. The van der Waals surface area contributed by atoms with E-state index in [-0.39, 0.29) is 6.10 Å². The molecule has 3 heterocycles. The average Bonchev–Trinajstić information content (AvgIpc) is 3.22. The van der Waals surface area contributed by atoms with E-state index in [9.17, 15) is 5.26 Å². The van der Waals surface area contributed by atoms with Gasteiger partial charge in [-0.1, -0.05) is 41.2 Å². The topological polar surface area (TPSA) is 63.2 Å². The van der Waals surface area contributed by atoms with E-state index < -0.39 is 0 Å². The van der Waals surface area contributed by atoms with Crippen molar-refractivity contribution in [2.75, 3.05) is 6.61 Å². The van der Waals surface area contributed by atoms with Gasteiger partial charge in [0.25, 0.3) is 0 Å².